The highest BCUT2D eigenvalue weighted by atomic mass is 14.4. The Morgan fingerprint density at radius 1 is 0.306 bits per heavy atom. The predicted octanol–water partition coefficient (Wildman–Crippen LogP) is 13.6. The molecule has 0 spiro atoms. The highest BCUT2D eigenvalue weighted by molar-refractivity contribution is 6.21. The van der Waals surface area contributed by atoms with Crippen molar-refractivity contribution >= 4 is 43.1 Å². The normalized spacial score (nSPS) is 13.3. The maximum Gasteiger partial charge on any atom is 0.0159 e. The van der Waals surface area contributed by atoms with Gasteiger partial charge in [-0.2, -0.15) is 0 Å². The van der Waals surface area contributed by atoms with Gasteiger partial charge in [-0.05, 0) is 129 Å². The summed E-state index contributed by atoms with van der Waals surface area (Å²) < 4.78 is 0. The summed E-state index contributed by atoms with van der Waals surface area (Å²) in [4.78, 5) is 0. The Labute approximate surface area is 286 Å². The fourth-order valence-electron chi connectivity index (χ4n) is 8.55. The zero-order valence-corrected chi connectivity index (χ0v) is 27.7. The van der Waals surface area contributed by atoms with Crippen LogP contribution < -0.4 is 0 Å². The van der Waals surface area contributed by atoms with E-state index in [1.165, 1.54) is 98.7 Å². The highest BCUT2D eigenvalue weighted by Gasteiger charge is 2.35. The Kier molecular flexibility index (Phi) is 6.02. The van der Waals surface area contributed by atoms with Gasteiger partial charge in [0.25, 0.3) is 0 Å². The van der Waals surface area contributed by atoms with Gasteiger partial charge in [0.2, 0.25) is 0 Å². The van der Waals surface area contributed by atoms with Gasteiger partial charge in [0, 0.05) is 5.41 Å². The van der Waals surface area contributed by atoms with Crippen LogP contribution in [0.1, 0.15) is 25.0 Å². The van der Waals surface area contributed by atoms with E-state index in [1.807, 2.05) is 0 Å². The fraction of sp³-hybridized carbons (Fsp3) is 0.0612. The first-order chi connectivity index (χ1) is 24.0. The molecule has 9 aromatic carbocycles. The van der Waals surface area contributed by atoms with Gasteiger partial charge in [-0.1, -0.05) is 153 Å². The van der Waals surface area contributed by atoms with Crippen molar-refractivity contribution in [1.29, 1.82) is 0 Å². The molecule has 0 aromatic heterocycles. The van der Waals surface area contributed by atoms with Crippen LogP contribution in [-0.2, 0) is 5.41 Å². The van der Waals surface area contributed by atoms with E-state index in [4.69, 9.17) is 0 Å². The van der Waals surface area contributed by atoms with Crippen molar-refractivity contribution < 1.29 is 0 Å². The molecule has 1 aliphatic rings. The standard InChI is InChI=1S/C49H34/c1-49(2)45-25-24-37(29-43(45)44-28-32-14-6-7-15-33(32)30-46(44)49)35-20-21-36-27-38(23-22-34(36)26-35)48-41-18-10-8-16-39(41)47(31-12-4-3-5-13-31)40-17-9-11-19-42(40)48/h3-30H,1-2H3. The minimum atomic E-state index is -0.0271. The van der Waals surface area contributed by atoms with E-state index in [-0.39, 0.29) is 5.41 Å². The third-order valence-electron chi connectivity index (χ3n) is 11.0. The third kappa shape index (κ3) is 4.24. The number of benzene rings is 9. The van der Waals surface area contributed by atoms with Gasteiger partial charge < -0.3 is 0 Å². The SMILES string of the molecule is CC1(C)c2ccc(-c3ccc4cc(-c5c6ccccc6c(-c6ccccc6)c6ccccc56)ccc4c3)cc2-c2cc3ccccc3cc21. The average Bonchev–Trinajstić information content (AvgIpc) is 3.37. The Hall–Kier alpha value is -5.98. The molecular formula is C49H34. The van der Waals surface area contributed by atoms with Crippen molar-refractivity contribution in [2.75, 3.05) is 0 Å². The molecule has 0 N–H and O–H groups in total. The second kappa shape index (κ2) is 10.5. The summed E-state index contributed by atoms with van der Waals surface area (Å²) in [6.45, 7) is 4.72. The molecule has 0 heterocycles. The molecule has 230 valence electrons. The molecule has 0 heteroatoms. The smallest absolute Gasteiger partial charge is 0.0159 e. The van der Waals surface area contributed by atoms with Gasteiger partial charge in [0.05, 0.1) is 0 Å². The summed E-state index contributed by atoms with van der Waals surface area (Å²) in [5.74, 6) is 0. The van der Waals surface area contributed by atoms with E-state index < -0.39 is 0 Å². The minimum absolute atomic E-state index is 0.0271. The van der Waals surface area contributed by atoms with Gasteiger partial charge in [-0.15, -0.1) is 0 Å². The molecule has 10 rings (SSSR count). The van der Waals surface area contributed by atoms with Crippen molar-refractivity contribution in [1.82, 2.24) is 0 Å². The van der Waals surface area contributed by atoms with Crippen LogP contribution in [0, 0.1) is 0 Å². The summed E-state index contributed by atoms with van der Waals surface area (Å²) in [6, 6.07) is 63.2. The zero-order chi connectivity index (χ0) is 32.7. The topological polar surface area (TPSA) is 0 Å². The van der Waals surface area contributed by atoms with Crippen LogP contribution in [0.3, 0.4) is 0 Å². The van der Waals surface area contributed by atoms with Crippen molar-refractivity contribution in [2.24, 2.45) is 0 Å². The quantitative estimate of drug-likeness (QED) is 0.172. The lowest BCUT2D eigenvalue weighted by molar-refractivity contribution is 0.661. The summed E-state index contributed by atoms with van der Waals surface area (Å²) in [5, 5.41) is 10.2. The summed E-state index contributed by atoms with van der Waals surface area (Å²) in [5.41, 5.74) is 13.1. The average molecular weight is 623 g/mol. The van der Waals surface area contributed by atoms with Crippen molar-refractivity contribution in [3.05, 3.63) is 181 Å². The van der Waals surface area contributed by atoms with Crippen LogP contribution in [0.25, 0.3) is 87.6 Å². The molecule has 0 radical (unpaired) electrons. The molecule has 0 fully saturated rings. The van der Waals surface area contributed by atoms with Crippen molar-refractivity contribution in [2.45, 2.75) is 19.3 Å². The molecule has 0 aliphatic heterocycles. The molecule has 9 aromatic rings. The first-order valence-electron chi connectivity index (χ1n) is 17.3. The molecule has 0 saturated heterocycles. The first kappa shape index (κ1) is 28.1. The van der Waals surface area contributed by atoms with E-state index >= 15 is 0 Å². The summed E-state index contributed by atoms with van der Waals surface area (Å²) >= 11 is 0. The van der Waals surface area contributed by atoms with E-state index in [1.54, 1.807) is 0 Å². The predicted molar refractivity (Wildman–Crippen MR) is 210 cm³/mol. The summed E-state index contributed by atoms with van der Waals surface area (Å²) in [6.07, 6.45) is 0. The number of rotatable bonds is 3. The Bertz CT molecular complexity index is 2720. The highest BCUT2D eigenvalue weighted by Crippen LogP contribution is 2.51. The maximum atomic E-state index is 2.42. The monoisotopic (exact) mass is 622 g/mol. The molecule has 0 nitrogen and oxygen atoms in total. The molecule has 0 saturated carbocycles. The van der Waals surface area contributed by atoms with E-state index in [2.05, 4.69) is 184 Å². The van der Waals surface area contributed by atoms with Gasteiger partial charge in [0.15, 0.2) is 0 Å². The van der Waals surface area contributed by atoms with Crippen molar-refractivity contribution in [3.63, 3.8) is 0 Å². The molecule has 0 bridgehead atoms. The first-order valence-corrected chi connectivity index (χ1v) is 17.3. The number of hydrogen-bond donors (Lipinski definition) is 0. The van der Waals surface area contributed by atoms with Gasteiger partial charge in [-0.3, -0.25) is 0 Å². The zero-order valence-electron chi connectivity index (χ0n) is 27.7. The third-order valence-corrected chi connectivity index (χ3v) is 11.0. The molecule has 0 atom stereocenters. The Balaban J connectivity index is 1.10. The van der Waals surface area contributed by atoms with Gasteiger partial charge >= 0.3 is 0 Å². The second-order valence-electron chi connectivity index (χ2n) is 14.1. The number of hydrogen-bond acceptors (Lipinski definition) is 0. The Morgan fingerprint density at radius 3 is 1.41 bits per heavy atom. The number of fused-ring (bicyclic) bond motifs is 7. The Morgan fingerprint density at radius 2 is 0.755 bits per heavy atom. The largest absolute Gasteiger partial charge is 0.0622 e. The molecule has 0 amide bonds. The lowest BCUT2D eigenvalue weighted by Gasteiger charge is -2.22. The lowest BCUT2D eigenvalue weighted by Crippen LogP contribution is -2.14. The van der Waals surface area contributed by atoms with Gasteiger partial charge in [0.1, 0.15) is 0 Å². The van der Waals surface area contributed by atoms with Gasteiger partial charge in [-0.25, -0.2) is 0 Å². The van der Waals surface area contributed by atoms with Crippen LogP contribution >= 0.6 is 0 Å². The van der Waals surface area contributed by atoms with Crippen LogP contribution in [0.4, 0.5) is 0 Å². The lowest BCUT2D eigenvalue weighted by atomic mass is 9.81. The molecular weight excluding hydrogens is 589 g/mol. The summed E-state index contributed by atoms with van der Waals surface area (Å²) in [7, 11) is 0. The van der Waals surface area contributed by atoms with Crippen molar-refractivity contribution in [3.8, 4) is 44.5 Å². The van der Waals surface area contributed by atoms with Crippen LogP contribution in [0.15, 0.2) is 170 Å². The second-order valence-corrected chi connectivity index (χ2v) is 14.1. The van der Waals surface area contributed by atoms with Crippen LogP contribution in [0.2, 0.25) is 0 Å². The van der Waals surface area contributed by atoms with E-state index in [9.17, 15) is 0 Å². The van der Waals surface area contributed by atoms with E-state index in [0.29, 0.717) is 0 Å². The molecule has 49 heavy (non-hydrogen) atoms. The fourth-order valence-corrected chi connectivity index (χ4v) is 8.55. The molecule has 1 aliphatic carbocycles. The van der Waals surface area contributed by atoms with Crippen LogP contribution in [0.5, 0.6) is 0 Å². The van der Waals surface area contributed by atoms with E-state index in [0.717, 1.165) is 0 Å². The molecule has 0 unspecified atom stereocenters. The maximum absolute atomic E-state index is 2.42. The minimum Gasteiger partial charge on any atom is -0.0622 e. The van der Waals surface area contributed by atoms with Crippen LogP contribution in [-0.4, -0.2) is 0 Å².